The number of nitrogens with two attached hydrogens (primary N) is 1. The second-order valence-electron chi connectivity index (χ2n) is 4.69. The van der Waals surface area contributed by atoms with Gasteiger partial charge in [0.2, 0.25) is 0 Å². The van der Waals surface area contributed by atoms with E-state index in [-0.39, 0.29) is 4.90 Å². The fourth-order valence-electron chi connectivity index (χ4n) is 2.19. The number of aryl methyl sites for hydroxylation is 2. The Kier molecular flexibility index (Phi) is 3.87. The molecular weight excluding hydrogens is 298 g/mol. The van der Waals surface area contributed by atoms with Crippen molar-refractivity contribution in [2.24, 2.45) is 0 Å². The van der Waals surface area contributed by atoms with E-state index in [0.29, 0.717) is 16.8 Å². The van der Waals surface area contributed by atoms with Crippen LogP contribution < -0.4 is 10.5 Å². The van der Waals surface area contributed by atoms with Crippen molar-refractivity contribution in [3.63, 3.8) is 0 Å². The van der Waals surface area contributed by atoms with Crippen LogP contribution in [0.5, 0.6) is 0 Å². The molecule has 0 saturated carbocycles. The van der Waals surface area contributed by atoms with E-state index >= 15 is 0 Å². The smallest absolute Gasteiger partial charge is 0.262 e. The normalized spacial score (nSPS) is 11.4. The summed E-state index contributed by atoms with van der Waals surface area (Å²) in [6, 6.07) is 6.29. The van der Waals surface area contributed by atoms with Gasteiger partial charge in [0.1, 0.15) is 0 Å². The Bertz CT molecular complexity index is 782. The molecule has 0 saturated heterocycles. The molecule has 2 aromatic carbocycles. The van der Waals surface area contributed by atoms with Gasteiger partial charge >= 0.3 is 0 Å². The fraction of sp³-hybridized carbons (Fsp3) is 0.143. The third kappa shape index (κ3) is 2.97. The van der Waals surface area contributed by atoms with E-state index in [1.165, 1.54) is 18.2 Å². The summed E-state index contributed by atoms with van der Waals surface area (Å²) in [7, 11) is -4.04. The highest BCUT2D eigenvalue weighted by atomic mass is 32.2. The van der Waals surface area contributed by atoms with Gasteiger partial charge in [-0.3, -0.25) is 4.72 Å². The van der Waals surface area contributed by atoms with E-state index < -0.39 is 27.3 Å². The van der Waals surface area contributed by atoms with Gasteiger partial charge in [-0.2, -0.15) is 0 Å². The van der Waals surface area contributed by atoms with E-state index in [9.17, 15) is 17.2 Å². The molecule has 0 spiro atoms. The molecule has 0 amide bonds. The van der Waals surface area contributed by atoms with E-state index in [1.807, 2.05) is 0 Å². The minimum atomic E-state index is -4.04. The van der Waals surface area contributed by atoms with Crippen molar-refractivity contribution in [1.29, 1.82) is 0 Å². The molecule has 112 valence electrons. The number of sulfonamides is 1. The molecule has 2 rings (SSSR count). The molecule has 0 bridgehead atoms. The van der Waals surface area contributed by atoms with Crippen LogP contribution in [0.3, 0.4) is 0 Å². The Labute approximate surface area is 121 Å². The molecule has 0 heterocycles. The molecule has 0 unspecified atom stereocenters. The van der Waals surface area contributed by atoms with Crippen LogP contribution in [0.1, 0.15) is 11.1 Å². The predicted molar refractivity (Wildman–Crippen MR) is 77.5 cm³/mol. The number of benzene rings is 2. The summed E-state index contributed by atoms with van der Waals surface area (Å²) in [5.74, 6) is -2.37. The first-order chi connectivity index (χ1) is 9.72. The van der Waals surface area contributed by atoms with Crippen LogP contribution >= 0.6 is 0 Å². The van der Waals surface area contributed by atoms with Crippen molar-refractivity contribution in [3.05, 3.63) is 53.1 Å². The number of hydrogen-bond donors (Lipinski definition) is 2. The Balaban J connectivity index is 2.51. The van der Waals surface area contributed by atoms with Crippen LogP contribution in [0.15, 0.2) is 35.2 Å². The summed E-state index contributed by atoms with van der Waals surface area (Å²) < 4.78 is 53.5. The number of nitrogens with one attached hydrogen (secondary N) is 1. The number of anilines is 2. The Hall–Kier alpha value is -2.15. The van der Waals surface area contributed by atoms with Crippen molar-refractivity contribution >= 4 is 21.4 Å². The van der Waals surface area contributed by atoms with Crippen molar-refractivity contribution in [3.8, 4) is 0 Å². The summed E-state index contributed by atoms with van der Waals surface area (Å²) in [4.78, 5) is 0.000334. The van der Waals surface area contributed by atoms with Crippen LogP contribution in [0.4, 0.5) is 20.2 Å². The molecule has 4 nitrogen and oxygen atoms in total. The van der Waals surface area contributed by atoms with Gasteiger partial charge in [-0.05, 0) is 49.2 Å². The van der Waals surface area contributed by atoms with Gasteiger partial charge in [-0.25, -0.2) is 17.2 Å². The van der Waals surface area contributed by atoms with E-state index in [0.717, 1.165) is 12.1 Å². The Morgan fingerprint density at radius 1 is 1.10 bits per heavy atom. The summed E-state index contributed by atoms with van der Waals surface area (Å²) in [5.41, 5.74) is 6.49. The molecule has 7 heteroatoms. The molecule has 0 radical (unpaired) electrons. The van der Waals surface area contributed by atoms with Crippen molar-refractivity contribution in [2.45, 2.75) is 18.7 Å². The zero-order valence-electron chi connectivity index (χ0n) is 11.4. The quantitative estimate of drug-likeness (QED) is 0.856. The van der Waals surface area contributed by atoms with Gasteiger partial charge in [0.05, 0.1) is 10.6 Å². The number of nitrogen functional groups attached to an aromatic ring is 1. The lowest BCUT2D eigenvalue weighted by molar-refractivity contribution is 0.511. The lowest BCUT2D eigenvalue weighted by atomic mass is 10.1. The van der Waals surface area contributed by atoms with Gasteiger partial charge in [0.15, 0.2) is 11.6 Å². The zero-order chi connectivity index (χ0) is 15.8. The summed E-state index contributed by atoms with van der Waals surface area (Å²) in [5, 5.41) is 0. The van der Waals surface area contributed by atoms with Crippen molar-refractivity contribution in [1.82, 2.24) is 0 Å². The Morgan fingerprint density at radius 2 is 1.67 bits per heavy atom. The third-order valence-corrected chi connectivity index (χ3v) is 4.62. The minimum Gasteiger partial charge on any atom is -0.399 e. The molecule has 0 aromatic heterocycles. The van der Waals surface area contributed by atoms with Gasteiger partial charge in [-0.1, -0.05) is 6.07 Å². The van der Waals surface area contributed by atoms with Gasteiger partial charge < -0.3 is 5.73 Å². The highest BCUT2D eigenvalue weighted by Crippen LogP contribution is 2.26. The molecule has 0 atom stereocenters. The first kappa shape index (κ1) is 15.2. The van der Waals surface area contributed by atoms with E-state index in [4.69, 9.17) is 5.73 Å². The highest BCUT2D eigenvalue weighted by molar-refractivity contribution is 7.92. The lowest BCUT2D eigenvalue weighted by Crippen LogP contribution is -2.17. The molecule has 0 aliphatic rings. The number of rotatable bonds is 3. The van der Waals surface area contributed by atoms with Gasteiger partial charge in [-0.15, -0.1) is 0 Å². The summed E-state index contributed by atoms with van der Waals surface area (Å²) >= 11 is 0. The second-order valence-corrected chi connectivity index (χ2v) is 6.31. The minimum absolute atomic E-state index is 0.000334. The monoisotopic (exact) mass is 312 g/mol. The van der Waals surface area contributed by atoms with Gasteiger partial charge in [0.25, 0.3) is 10.0 Å². The number of hydrogen-bond acceptors (Lipinski definition) is 3. The molecule has 0 aliphatic carbocycles. The first-order valence-corrected chi connectivity index (χ1v) is 7.54. The summed E-state index contributed by atoms with van der Waals surface area (Å²) in [6.45, 7) is 3.17. The van der Waals surface area contributed by atoms with E-state index in [1.54, 1.807) is 13.8 Å². The van der Waals surface area contributed by atoms with E-state index in [2.05, 4.69) is 4.72 Å². The standard InChI is InChI=1S/C14H14F2N2O2S/c1-8-6-10(17)7-9(2)14(8)21(19,20)18-12-5-3-4-11(15)13(12)16/h3-7,18H,17H2,1-2H3. The van der Waals surface area contributed by atoms with Crippen LogP contribution in [0.2, 0.25) is 0 Å². The first-order valence-electron chi connectivity index (χ1n) is 6.06. The van der Waals surface area contributed by atoms with Crippen molar-refractivity contribution < 1.29 is 17.2 Å². The molecular formula is C14H14F2N2O2S. The highest BCUT2D eigenvalue weighted by Gasteiger charge is 2.22. The van der Waals surface area contributed by atoms with Crippen LogP contribution in [-0.2, 0) is 10.0 Å². The second kappa shape index (κ2) is 5.33. The average Bonchev–Trinajstić information content (AvgIpc) is 2.33. The number of halogens is 2. The average molecular weight is 312 g/mol. The summed E-state index contributed by atoms with van der Waals surface area (Å²) in [6.07, 6.45) is 0. The lowest BCUT2D eigenvalue weighted by Gasteiger charge is -2.14. The molecule has 2 aromatic rings. The maximum atomic E-state index is 13.6. The van der Waals surface area contributed by atoms with Crippen LogP contribution in [-0.4, -0.2) is 8.42 Å². The maximum Gasteiger partial charge on any atom is 0.262 e. The molecule has 0 aliphatic heterocycles. The zero-order valence-corrected chi connectivity index (χ0v) is 12.3. The molecule has 0 fully saturated rings. The maximum absolute atomic E-state index is 13.6. The van der Waals surface area contributed by atoms with Gasteiger partial charge in [0, 0.05) is 5.69 Å². The van der Waals surface area contributed by atoms with Crippen LogP contribution in [0, 0.1) is 25.5 Å². The third-order valence-electron chi connectivity index (χ3n) is 2.95. The van der Waals surface area contributed by atoms with Crippen molar-refractivity contribution in [2.75, 3.05) is 10.5 Å². The SMILES string of the molecule is Cc1cc(N)cc(C)c1S(=O)(=O)Nc1cccc(F)c1F. The molecule has 21 heavy (non-hydrogen) atoms. The Morgan fingerprint density at radius 3 is 2.24 bits per heavy atom. The molecule has 3 N–H and O–H groups in total. The topological polar surface area (TPSA) is 72.2 Å². The largest absolute Gasteiger partial charge is 0.399 e. The fourth-order valence-corrected chi connectivity index (χ4v) is 3.70. The van der Waals surface area contributed by atoms with Crippen LogP contribution in [0.25, 0.3) is 0 Å². The predicted octanol–water partition coefficient (Wildman–Crippen LogP) is 2.96.